The lowest BCUT2D eigenvalue weighted by Gasteiger charge is -2.46. The van der Waals surface area contributed by atoms with Crippen LogP contribution in [0.1, 0.15) is 47.4 Å². The van der Waals surface area contributed by atoms with E-state index in [2.05, 4.69) is 5.16 Å². The van der Waals surface area contributed by atoms with Crippen LogP contribution in [0.2, 0.25) is 10.0 Å². The molecule has 2 fully saturated rings. The number of alkyl halides is 6. The number of hydrogen-bond donors (Lipinski definition) is 1. The van der Waals surface area contributed by atoms with E-state index in [4.69, 9.17) is 33.8 Å². The minimum atomic E-state index is -5.17. The summed E-state index contributed by atoms with van der Waals surface area (Å²) in [5.41, 5.74) is 0.566. The molecule has 5 rings (SSSR count). The molecule has 1 saturated carbocycles. The Kier molecular flexibility index (Phi) is 6.57. The SMILES string of the molecule is NC(=O)C1C(c2ccc(C3=NOC(c4cc(Cl)c(Cl)c(C(F)(F)F)c4)(C(F)(F)F)C3)cc2)CN1C(=O)C1CC1. The summed E-state index contributed by atoms with van der Waals surface area (Å²) in [5.74, 6) is -1.25. The van der Waals surface area contributed by atoms with Gasteiger partial charge < -0.3 is 15.5 Å². The number of primary amides is 1. The van der Waals surface area contributed by atoms with E-state index in [9.17, 15) is 35.9 Å². The zero-order chi connectivity index (χ0) is 28.5. The van der Waals surface area contributed by atoms with Crippen LogP contribution >= 0.6 is 23.2 Å². The van der Waals surface area contributed by atoms with Crippen LogP contribution in [-0.2, 0) is 26.2 Å². The maximum atomic E-state index is 14.3. The second kappa shape index (κ2) is 9.29. The van der Waals surface area contributed by atoms with Crippen molar-refractivity contribution in [2.24, 2.45) is 16.8 Å². The Morgan fingerprint density at radius 2 is 1.69 bits per heavy atom. The molecule has 0 radical (unpaired) electrons. The van der Waals surface area contributed by atoms with Crippen molar-refractivity contribution in [2.75, 3.05) is 6.54 Å². The fraction of sp³-hybridized carbons (Fsp3) is 0.400. The Morgan fingerprint density at radius 1 is 1.05 bits per heavy atom. The van der Waals surface area contributed by atoms with E-state index in [-0.39, 0.29) is 41.6 Å². The Morgan fingerprint density at radius 3 is 2.23 bits per heavy atom. The lowest BCUT2D eigenvalue weighted by atomic mass is 9.81. The summed E-state index contributed by atoms with van der Waals surface area (Å²) in [5, 5.41) is 1.93. The molecule has 0 aromatic heterocycles. The molecule has 2 N–H and O–H groups in total. The summed E-state index contributed by atoms with van der Waals surface area (Å²) < 4.78 is 83.3. The fourth-order valence-corrected chi connectivity index (χ4v) is 5.38. The standard InChI is InChI=1S/C25H19Cl2F6N3O3/c26-17-8-14(7-16(19(17)27)24(28,29)30)23(25(31,32)33)9-18(35-39-23)12-3-1-11(2-4-12)15-10-36(20(15)21(34)37)22(38)13-5-6-13/h1-4,7-8,13,15,20H,5-6,9-10H2,(H2,34,37). The smallest absolute Gasteiger partial charge is 0.374 e. The number of hydrogen-bond acceptors (Lipinski definition) is 4. The first kappa shape index (κ1) is 27.6. The van der Waals surface area contributed by atoms with E-state index in [0.29, 0.717) is 11.6 Å². The number of benzene rings is 2. The molecule has 3 unspecified atom stereocenters. The van der Waals surface area contributed by atoms with E-state index < -0.39 is 57.5 Å². The molecular weight excluding hydrogens is 575 g/mol. The van der Waals surface area contributed by atoms with Crippen molar-refractivity contribution in [3.63, 3.8) is 0 Å². The molecule has 2 aromatic rings. The van der Waals surface area contributed by atoms with Gasteiger partial charge in [-0.05, 0) is 36.1 Å². The lowest BCUT2D eigenvalue weighted by Crippen LogP contribution is -2.62. The highest BCUT2D eigenvalue weighted by Gasteiger charge is 2.63. The van der Waals surface area contributed by atoms with Gasteiger partial charge in [-0.3, -0.25) is 9.59 Å². The van der Waals surface area contributed by atoms with E-state index in [0.717, 1.165) is 12.8 Å². The normalized spacial score (nSPS) is 25.1. The number of halogens is 8. The highest BCUT2D eigenvalue weighted by molar-refractivity contribution is 6.42. The minimum absolute atomic E-state index is 0.0906. The largest absolute Gasteiger partial charge is 0.435 e. The number of rotatable bonds is 5. The molecule has 14 heteroatoms. The van der Waals surface area contributed by atoms with Gasteiger partial charge in [-0.2, -0.15) is 26.3 Å². The molecule has 1 aliphatic carbocycles. The Balaban J connectivity index is 1.40. The topological polar surface area (TPSA) is 85.0 Å². The molecule has 0 bridgehead atoms. The van der Waals surface area contributed by atoms with Crippen molar-refractivity contribution in [1.29, 1.82) is 0 Å². The first-order chi connectivity index (χ1) is 18.1. The van der Waals surface area contributed by atoms with Crippen molar-refractivity contribution >= 4 is 40.7 Å². The number of amides is 2. The second-order valence-electron chi connectivity index (χ2n) is 9.79. The average Bonchev–Trinajstić information content (AvgIpc) is 3.56. The molecule has 6 nitrogen and oxygen atoms in total. The van der Waals surface area contributed by atoms with E-state index in [1.807, 2.05) is 0 Å². The predicted octanol–water partition coefficient (Wildman–Crippen LogP) is 5.78. The van der Waals surface area contributed by atoms with Gasteiger partial charge in [-0.15, -0.1) is 0 Å². The number of likely N-dealkylation sites (tertiary alicyclic amines) is 1. The average molecular weight is 594 g/mol. The molecule has 208 valence electrons. The third-order valence-electron chi connectivity index (χ3n) is 7.27. The Labute approximate surface area is 227 Å². The monoisotopic (exact) mass is 593 g/mol. The van der Waals surface area contributed by atoms with Crippen LogP contribution in [0.25, 0.3) is 0 Å². The van der Waals surface area contributed by atoms with Gasteiger partial charge in [0.1, 0.15) is 6.04 Å². The van der Waals surface area contributed by atoms with E-state index in [1.165, 1.54) is 17.0 Å². The first-order valence-corrected chi connectivity index (χ1v) is 12.5. The number of nitrogens with two attached hydrogens (primary N) is 1. The van der Waals surface area contributed by atoms with Gasteiger partial charge in [0.05, 0.1) is 21.3 Å². The van der Waals surface area contributed by atoms with Crippen molar-refractivity contribution in [1.82, 2.24) is 4.90 Å². The quantitative estimate of drug-likeness (QED) is 0.446. The van der Waals surface area contributed by atoms with Crippen LogP contribution in [0.4, 0.5) is 26.3 Å². The highest BCUT2D eigenvalue weighted by atomic mass is 35.5. The molecule has 0 spiro atoms. The van der Waals surface area contributed by atoms with Crippen LogP contribution in [0.5, 0.6) is 0 Å². The maximum absolute atomic E-state index is 14.3. The van der Waals surface area contributed by atoms with Crippen LogP contribution in [0.15, 0.2) is 41.6 Å². The van der Waals surface area contributed by atoms with Gasteiger partial charge in [-0.25, -0.2) is 0 Å². The summed E-state index contributed by atoms with van der Waals surface area (Å²) >= 11 is 11.4. The Bertz CT molecular complexity index is 1370. The van der Waals surface area contributed by atoms with Crippen molar-refractivity contribution < 1.29 is 40.8 Å². The van der Waals surface area contributed by atoms with E-state index >= 15 is 0 Å². The first-order valence-electron chi connectivity index (χ1n) is 11.7. The maximum Gasteiger partial charge on any atom is 0.435 e. The van der Waals surface area contributed by atoms with Crippen molar-refractivity contribution in [2.45, 2.75) is 49.2 Å². The number of oxime groups is 1. The third-order valence-corrected chi connectivity index (χ3v) is 8.07. The number of nitrogens with zero attached hydrogens (tertiary/aromatic N) is 2. The van der Waals surface area contributed by atoms with Gasteiger partial charge in [0.15, 0.2) is 0 Å². The molecule has 2 aromatic carbocycles. The molecule has 39 heavy (non-hydrogen) atoms. The highest BCUT2D eigenvalue weighted by Crippen LogP contribution is 2.51. The summed E-state index contributed by atoms with van der Waals surface area (Å²) in [7, 11) is 0. The van der Waals surface area contributed by atoms with Crippen LogP contribution in [0.3, 0.4) is 0 Å². The Hall–Kier alpha value is -2.99. The van der Waals surface area contributed by atoms with Crippen LogP contribution in [0, 0.1) is 5.92 Å². The summed E-state index contributed by atoms with van der Waals surface area (Å²) in [6.07, 6.45) is -9.63. The molecular formula is C25H19Cl2F6N3O3. The minimum Gasteiger partial charge on any atom is -0.374 e. The van der Waals surface area contributed by atoms with Gasteiger partial charge in [0.25, 0.3) is 5.60 Å². The van der Waals surface area contributed by atoms with Crippen LogP contribution < -0.4 is 5.73 Å². The molecule has 3 aliphatic rings. The molecule has 1 saturated heterocycles. The molecule has 2 aliphatic heterocycles. The van der Waals surface area contributed by atoms with Gasteiger partial charge >= 0.3 is 12.4 Å². The third kappa shape index (κ3) is 4.71. The van der Waals surface area contributed by atoms with E-state index in [1.54, 1.807) is 12.1 Å². The van der Waals surface area contributed by atoms with Gasteiger partial charge in [0, 0.05) is 30.4 Å². The molecule has 3 atom stereocenters. The fourth-order valence-electron chi connectivity index (χ4n) is 4.95. The zero-order valence-electron chi connectivity index (χ0n) is 19.7. The number of carbonyl (C=O) groups is 2. The second-order valence-corrected chi connectivity index (χ2v) is 10.6. The van der Waals surface area contributed by atoms with Gasteiger partial charge in [-0.1, -0.05) is 52.6 Å². The van der Waals surface area contributed by atoms with Crippen LogP contribution in [-0.4, -0.2) is 41.2 Å². The summed E-state index contributed by atoms with van der Waals surface area (Å²) in [4.78, 5) is 30.7. The zero-order valence-corrected chi connectivity index (χ0v) is 21.3. The van der Waals surface area contributed by atoms with Gasteiger partial charge in [0.2, 0.25) is 11.8 Å². The van der Waals surface area contributed by atoms with Crippen molar-refractivity contribution in [3.05, 3.63) is 68.7 Å². The predicted molar refractivity (Wildman–Crippen MR) is 128 cm³/mol. The molecule has 2 heterocycles. The summed E-state index contributed by atoms with van der Waals surface area (Å²) in [6, 6.07) is 6.19. The van der Waals surface area contributed by atoms with Crippen molar-refractivity contribution in [3.8, 4) is 0 Å². The number of carbonyl (C=O) groups excluding carboxylic acids is 2. The lowest BCUT2D eigenvalue weighted by molar-refractivity contribution is -0.276. The molecule has 2 amide bonds. The summed E-state index contributed by atoms with van der Waals surface area (Å²) in [6.45, 7) is 0.280.